The summed E-state index contributed by atoms with van der Waals surface area (Å²) < 4.78 is 19.3. The van der Waals surface area contributed by atoms with E-state index < -0.39 is 0 Å². The van der Waals surface area contributed by atoms with Gasteiger partial charge in [-0.2, -0.15) is 0 Å². The Kier molecular flexibility index (Phi) is 3.38. The van der Waals surface area contributed by atoms with Gasteiger partial charge in [-0.05, 0) is 42.6 Å². The van der Waals surface area contributed by atoms with Crippen molar-refractivity contribution in [2.24, 2.45) is 5.92 Å². The minimum Gasteiger partial charge on any atom is -0.493 e. The lowest BCUT2D eigenvalue weighted by Gasteiger charge is -2.18. The van der Waals surface area contributed by atoms with Crippen LogP contribution in [0.15, 0.2) is 42.5 Å². The molecule has 22 heavy (non-hydrogen) atoms. The number of fused-ring (bicyclic) bond motifs is 3. The van der Waals surface area contributed by atoms with Crippen LogP contribution in [0.5, 0.6) is 5.75 Å². The maximum absolute atomic E-state index is 13.2. The van der Waals surface area contributed by atoms with Gasteiger partial charge in [0.1, 0.15) is 11.6 Å². The molecule has 2 nitrogen and oxygen atoms in total. The van der Waals surface area contributed by atoms with Crippen LogP contribution in [-0.4, -0.2) is 31.6 Å². The average molecular weight is 297 g/mol. The summed E-state index contributed by atoms with van der Waals surface area (Å²) >= 11 is 0. The lowest BCUT2D eigenvalue weighted by atomic mass is 9.86. The Bertz CT molecular complexity index is 682. The van der Waals surface area contributed by atoms with Crippen LogP contribution < -0.4 is 4.74 Å². The molecule has 2 atom stereocenters. The van der Waals surface area contributed by atoms with Gasteiger partial charge in [-0.3, -0.25) is 0 Å². The van der Waals surface area contributed by atoms with E-state index in [1.54, 1.807) is 0 Å². The molecular formula is C19H20FNO. The number of halogens is 1. The minimum atomic E-state index is -0.204. The zero-order valence-electron chi connectivity index (χ0n) is 12.8. The number of benzene rings is 2. The summed E-state index contributed by atoms with van der Waals surface area (Å²) in [6.45, 7) is 3.00. The van der Waals surface area contributed by atoms with Crippen molar-refractivity contribution < 1.29 is 9.13 Å². The highest BCUT2D eigenvalue weighted by atomic mass is 19.1. The summed E-state index contributed by atoms with van der Waals surface area (Å²) in [5.74, 6) is 2.01. The zero-order chi connectivity index (χ0) is 15.1. The summed E-state index contributed by atoms with van der Waals surface area (Å²) in [5, 5.41) is 0. The molecule has 0 aliphatic carbocycles. The number of likely N-dealkylation sites (N-methyl/N-ethyl adjacent to an activating group) is 1. The first-order valence-electron chi connectivity index (χ1n) is 7.92. The summed E-state index contributed by atoms with van der Waals surface area (Å²) in [6.07, 6.45) is 1.10. The van der Waals surface area contributed by atoms with E-state index in [2.05, 4.69) is 30.1 Å². The first kappa shape index (κ1) is 13.8. The predicted molar refractivity (Wildman–Crippen MR) is 85.7 cm³/mol. The Labute approximate surface area is 130 Å². The van der Waals surface area contributed by atoms with E-state index in [9.17, 15) is 4.39 Å². The second-order valence-electron chi connectivity index (χ2n) is 6.46. The number of hydrogen-bond acceptors (Lipinski definition) is 2. The normalized spacial score (nSPS) is 24.3. The molecule has 0 spiro atoms. The van der Waals surface area contributed by atoms with Gasteiger partial charge in [-0.1, -0.05) is 30.3 Å². The SMILES string of the molecule is CN1C[C@@H]2CCOc3c(-c4ccc(F)cc4)cccc3[C@H]2C1. The average Bonchev–Trinajstić information content (AvgIpc) is 2.80. The lowest BCUT2D eigenvalue weighted by Crippen LogP contribution is -2.15. The van der Waals surface area contributed by atoms with Crippen LogP contribution >= 0.6 is 0 Å². The maximum Gasteiger partial charge on any atom is 0.130 e. The number of likely N-dealkylation sites (tertiary alicyclic amines) is 1. The van der Waals surface area contributed by atoms with E-state index in [-0.39, 0.29) is 5.82 Å². The highest BCUT2D eigenvalue weighted by Crippen LogP contribution is 2.45. The van der Waals surface area contributed by atoms with Crippen LogP contribution in [0.3, 0.4) is 0 Å². The lowest BCUT2D eigenvalue weighted by molar-refractivity contribution is 0.287. The molecule has 114 valence electrons. The van der Waals surface area contributed by atoms with Gasteiger partial charge in [0.2, 0.25) is 0 Å². The predicted octanol–water partition coefficient (Wildman–Crippen LogP) is 3.92. The molecule has 2 aliphatic heterocycles. The second-order valence-corrected chi connectivity index (χ2v) is 6.46. The zero-order valence-corrected chi connectivity index (χ0v) is 12.8. The van der Waals surface area contributed by atoms with Crippen molar-refractivity contribution in [3.8, 4) is 16.9 Å². The van der Waals surface area contributed by atoms with Gasteiger partial charge in [-0.15, -0.1) is 0 Å². The van der Waals surface area contributed by atoms with Crippen LogP contribution in [0.1, 0.15) is 17.9 Å². The third-order valence-electron chi connectivity index (χ3n) is 4.96. The molecule has 2 heterocycles. The highest BCUT2D eigenvalue weighted by molar-refractivity contribution is 5.72. The van der Waals surface area contributed by atoms with E-state index in [4.69, 9.17) is 4.74 Å². The molecule has 0 aromatic heterocycles. The maximum atomic E-state index is 13.2. The molecule has 2 aromatic carbocycles. The van der Waals surface area contributed by atoms with Crippen LogP contribution in [0, 0.1) is 11.7 Å². The van der Waals surface area contributed by atoms with E-state index in [1.807, 2.05) is 12.1 Å². The number of rotatable bonds is 1. The molecule has 0 saturated carbocycles. The van der Waals surface area contributed by atoms with Crippen molar-refractivity contribution in [2.75, 3.05) is 26.7 Å². The Morgan fingerprint density at radius 3 is 2.73 bits per heavy atom. The number of ether oxygens (including phenoxy) is 1. The molecule has 3 heteroatoms. The standard InChI is InChI=1S/C19H20FNO/c1-21-11-14-9-10-22-19-16(13-5-7-15(20)8-6-13)3-2-4-17(19)18(14)12-21/h2-8,14,18H,9-12H2,1H3/t14-,18-/m0/s1. The smallest absolute Gasteiger partial charge is 0.130 e. The van der Waals surface area contributed by atoms with E-state index in [0.29, 0.717) is 11.8 Å². The van der Waals surface area contributed by atoms with Gasteiger partial charge < -0.3 is 9.64 Å². The van der Waals surface area contributed by atoms with E-state index in [1.165, 1.54) is 17.7 Å². The fourth-order valence-corrected chi connectivity index (χ4v) is 3.91. The van der Waals surface area contributed by atoms with Gasteiger partial charge in [0.25, 0.3) is 0 Å². The molecule has 0 unspecified atom stereocenters. The largest absolute Gasteiger partial charge is 0.493 e. The Morgan fingerprint density at radius 1 is 1.09 bits per heavy atom. The Morgan fingerprint density at radius 2 is 1.91 bits per heavy atom. The van der Waals surface area contributed by atoms with E-state index >= 15 is 0 Å². The molecule has 4 rings (SSSR count). The van der Waals surface area contributed by atoms with Crippen LogP contribution in [0.2, 0.25) is 0 Å². The van der Waals surface area contributed by atoms with Gasteiger partial charge >= 0.3 is 0 Å². The van der Waals surface area contributed by atoms with Gasteiger partial charge in [0.05, 0.1) is 6.61 Å². The number of nitrogens with zero attached hydrogens (tertiary/aromatic N) is 1. The summed E-state index contributed by atoms with van der Waals surface area (Å²) in [6, 6.07) is 13.1. The van der Waals surface area contributed by atoms with Crippen LogP contribution in [-0.2, 0) is 0 Å². The molecule has 2 aromatic rings. The highest BCUT2D eigenvalue weighted by Gasteiger charge is 2.36. The fraction of sp³-hybridized carbons (Fsp3) is 0.368. The van der Waals surface area contributed by atoms with Gasteiger partial charge in [0, 0.05) is 24.6 Å². The molecular weight excluding hydrogens is 277 g/mol. The summed E-state index contributed by atoms with van der Waals surface area (Å²) in [4.78, 5) is 2.41. The first-order valence-corrected chi connectivity index (χ1v) is 7.92. The molecule has 1 saturated heterocycles. The van der Waals surface area contributed by atoms with Crippen molar-refractivity contribution >= 4 is 0 Å². The van der Waals surface area contributed by atoms with Crippen molar-refractivity contribution in [3.63, 3.8) is 0 Å². The Hall–Kier alpha value is -1.87. The quantitative estimate of drug-likeness (QED) is 0.791. The second kappa shape index (κ2) is 5.40. The van der Waals surface area contributed by atoms with Gasteiger partial charge in [0.15, 0.2) is 0 Å². The molecule has 0 bridgehead atoms. The van der Waals surface area contributed by atoms with Crippen molar-refractivity contribution in [3.05, 3.63) is 53.8 Å². The Balaban J connectivity index is 1.81. The summed E-state index contributed by atoms with van der Waals surface area (Å²) in [5.41, 5.74) is 3.41. The molecule has 0 N–H and O–H groups in total. The third-order valence-corrected chi connectivity index (χ3v) is 4.96. The summed E-state index contributed by atoms with van der Waals surface area (Å²) in [7, 11) is 2.19. The topological polar surface area (TPSA) is 12.5 Å². The van der Waals surface area contributed by atoms with Crippen molar-refractivity contribution in [2.45, 2.75) is 12.3 Å². The van der Waals surface area contributed by atoms with Crippen molar-refractivity contribution in [1.29, 1.82) is 0 Å². The van der Waals surface area contributed by atoms with Gasteiger partial charge in [-0.25, -0.2) is 4.39 Å². The monoisotopic (exact) mass is 297 g/mol. The minimum absolute atomic E-state index is 0.204. The number of para-hydroxylation sites is 1. The fourth-order valence-electron chi connectivity index (χ4n) is 3.91. The van der Waals surface area contributed by atoms with Crippen molar-refractivity contribution in [1.82, 2.24) is 4.90 Å². The van der Waals surface area contributed by atoms with E-state index in [0.717, 1.165) is 43.0 Å². The molecule has 1 fully saturated rings. The first-order chi connectivity index (χ1) is 10.7. The third kappa shape index (κ3) is 2.30. The molecule has 0 amide bonds. The van der Waals surface area contributed by atoms with Crippen LogP contribution in [0.4, 0.5) is 4.39 Å². The molecule has 2 aliphatic rings. The molecule has 0 radical (unpaired) electrons. The van der Waals surface area contributed by atoms with Crippen LogP contribution in [0.25, 0.3) is 11.1 Å². The number of hydrogen-bond donors (Lipinski definition) is 0.